The average Bonchev–Trinajstić information content (AvgIpc) is 2.58. The molecule has 28 heavy (non-hydrogen) atoms. The molecular weight excluding hydrogens is 358 g/mol. The van der Waals surface area contributed by atoms with Crippen LogP contribution in [-0.2, 0) is 14.3 Å². The Labute approximate surface area is 166 Å². The van der Waals surface area contributed by atoms with E-state index in [1.165, 1.54) is 4.90 Å². The van der Waals surface area contributed by atoms with Gasteiger partial charge in [0, 0.05) is 24.9 Å². The van der Waals surface area contributed by atoms with Crippen LogP contribution >= 0.6 is 0 Å². The topological polar surface area (TPSA) is 87.7 Å². The lowest BCUT2D eigenvalue weighted by Gasteiger charge is -2.33. The van der Waals surface area contributed by atoms with Gasteiger partial charge in [-0.05, 0) is 37.0 Å². The fraction of sp³-hybridized carbons (Fsp3) is 0.476. The Hall–Kier alpha value is -2.83. The number of esters is 1. The second-order valence-electron chi connectivity index (χ2n) is 8.07. The fourth-order valence-electron chi connectivity index (χ4n) is 3.04. The zero-order valence-electron chi connectivity index (χ0n) is 17.4. The second-order valence-corrected chi connectivity index (χ2v) is 8.07. The Bertz CT molecular complexity index is 808. The Morgan fingerprint density at radius 1 is 1.29 bits per heavy atom. The van der Waals surface area contributed by atoms with E-state index in [0.717, 1.165) is 0 Å². The first kappa shape index (κ1) is 21.5. The minimum Gasteiger partial charge on any atom is -0.463 e. The summed E-state index contributed by atoms with van der Waals surface area (Å²) in [6.45, 7) is 9.68. The van der Waals surface area contributed by atoms with Crippen molar-refractivity contribution in [3.8, 4) is 0 Å². The number of carbonyl (C=O) groups excluding carboxylic acids is 3. The highest BCUT2D eigenvalue weighted by Gasteiger charge is 2.35. The standard InChI is InChI=1S/C21H29N3O4/c1-7-28-19(26)17-13(2)24(6)20(27)23-18(17)14-9-8-10-15(11-14)22-16(25)12-21(3,4)5/h8-11,18H,7,12H2,1-6H3,(H,22,25)(H,23,27). The molecule has 3 amide bonds. The lowest BCUT2D eigenvalue weighted by molar-refractivity contribution is -0.139. The molecule has 1 aromatic carbocycles. The maximum absolute atomic E-state index is 12.5. The molecule has 2 rings (SSSR count). The predicted molar refractivity (Wildman–Crippen MR) is 108 cm³/mol. The predicted octanol–water partition coefficient (Wildman–Crippen LogP) is 3.59. The van der Waals surface area contributed by atoms with Crippen molar-refractivity contribution in [3.05, 3.63) is 41.1 Å². The molecule has 1 heterocycles. The Kier molecular flexibility index (Phi) is 6.48. The molecular formula is C21H29N3O4. The molecule has 7 nitrogen and oxygen atoms in total. The monoisotopic (exact) mass is 387 g/mol. The quantitative estimate of drug-likeness (QED) is 0.756. The highest BCUT2D eigenvalue weighted by atomic mass is 16.5. The van der Waals surface area contributed by atoms with E-state index in [0.29, 0.717) is 28.9 Å². The van der Waals surface area contributed by atoms with Crippen LogP contribution in [0.15, 0.2) is 35.5 Å². The van der Waals surface area contributed by atoms with Gasteiger partial charge in [0.15, 0.2) is 0 Å². The van der Waals surface area contributed by atoms with Crippen LogP contribution in [0.1, 0.15) is 52.6 Å². The fourth-order valence-corrected chi connectivity index (χ4v) is 3.04. The molecule has 0 aliphatic carbocycles. The van der Waals surface area contributed by atoms with Gasteiger partial charge in [0.05, 0.1) is 18.2 Å². The SMILES string of the molecule is CCOC(=O)C1=C(C)N(C)C(=O)NC1c1cccc(NC(=O)CC(C)(C)C)c1. The van der Waals surface area contributed by atoms with Crippen LogP contribution in [0.3, 0.4) is 0 Å². The first-order valence-corrected chi connectivity index (χ1v) is 9.35. The molecule has 0 spiro atoms. The van der Waals surface area contributed by atoms with E-state index in [4.69, 9.17) is 4.74 Å². The van der Waals surface area contributed by atoms with Gasteiger partial charge in [0.1, 0.15) is 0 Å². The third-order valence-electron chi connectivity index (χ3n) is 4.44. The molecule has 1 atom stereocenters. The minimum absolute atomic E-state index is 0.0885. The van der Waals surface area contributed by atoms with Crippen LogP contribution in [0.25, 0.3) is 0 Å². The Morgan fingerprint density at radius 3 is 2.57 bits per heavy atom. The summed E-state index contributed by atoms with van der Waals surface area (Å²) in [7, 11) is 1.60. The molecule has 7 heteroatoms. The van der Waals surface area contributed by atoms with Gasteiger partial charge in [-0.15, -0.1) is 0 Å². The van der Waals surface area contributed by atoms with E-state index < -0.39 is 12.0 Å². The second kappa shape index (κ2) is 8.46. The number of ether oxygens (including phenoxy) is 1. The number of allylic oxidation sites excluding steroid dienone is 1. The summed E-state index contributed by atoms with van der Waals surface area (Å²) < 4.78 is 5.19. The van der Waals surface area contributed by atoms with Crippen molar-refractivity contribution in [2.45, 2.75) is 47.1 Å². The first-order chi connectivity index (χ1) is 13.0. The van der Waals surface area contributed by atoms with Crippen LogP contribution in [0, 0.1) is 5.41 Å². The number of hydrogen-bond acceptors (Lipinski definition) is 4. The molecule has 1 aliphatic rings. The van der Waals surface area contributed by atoms with Crippen LogP contribution in [0.5, 0.6) is 0 Å². The number of amides is 3. The molecule has 0 radical (unpaired) electrons. The van der Waals surface area contributed by atoms with Crippen LogP contribution in [0.2, 0.25) is 0 Å². The van der Waals surface area contributed by atoms with Crippen molar-refractivity contribution in [3.63, 3.8) is 0 Å². The number of benzene rings is 1. The Morgan fingerprint density at radius 2 is 1.96 bits per heavy atom. The summed E-state index contributed by atoms with van der Waals surface area (Å²) in [4.78, 5) is 38.5. The van der Waals surface area contributed by atoms with Gasteiger partial charge in [-0.1, -0.05) is 32.9 Å². The van der Waals surface area contributed by atoms with Gasteiger partial charge < -0.3 is 20.3 Å². The van der Waals surface area contributed by atoms with Crippen molar-refractivity contribution in [2.75, 3.05) is 19.0 Å². The molecule has 152 valence electrons. The van der Waals surface area contributed by atoms with Crippen LogP contribution in [-0.4, -0.2) is 36.5 Å². The number of urea groups is 1. The van der Waals surface area contributed by atoms with Crippen molar-refractivity contribution in [1.82, 2.24) is 10.2 Å². The average molecular weight is 387 g/mol. The van der Waals surface area contributed by atoms with Crippen LogP contribution in [0.4, 0.5) is 10.5 Å². The molecule has 0 saturated carbocycles. The maximum Gasteiger partial charge on any atom is 0.338 e. The lowest BCUT2D eigenvalue weighted by atomic mass is 9.92. The molecule has 0 aromatic heterocycles. The summed E-state index contributed by atoms with van der Waals surface area (Å²) in [6, 6.07) is 6.18. The maximum atomic E-state index is 12.5. The van der Waals surface area contributed by atoms with Gasteiger partial charge in [0.25, 0.3) is 0 Å². The smallest absolute Gasteiger partial charge is 0.338 e. The largest absolute Gasteiger partial charge is 0.463 e. The summed E-state index contributed by atoms with van der Waals surface area (Å²) in [6.07, 6.45) is 0.384. The van der Waals surface area contributed by atoms with E-state index >= 15 is 0 Å². The number of nitrogens with one attached hydrogen (secondary N) is 2. The minimum atomic E-state index is -0.651. The van der Waals surface area contributed by atoms with E-state index in [1.807, 2.05) is 26.8 Å². The third-order valence-corrected chi connectivity index (χ3v) is 4.44. The number of anilines is 1. The summed E-state index contributed by atoms with van der Waals surface area (Å²) >= 11 is 0. The first-order valence-electron chi connectivity index (χ1n) is 9.35. The van der Waals surface area contributed by atoms with Gasteiger partial charge in [-0.25, -0.2) is 9.59 Å². The molecule has 0 fully saturated rings. The van der Waals surface area contributed by atoms with E-state index in [2.05, 4.69) is 10.6 Å². The zero-order chi connectivity index (χ0) is 21.1. The van der Waals surface area contributed by atoms with Gasteiger partial charge in [-0.2, -0.15) is 0 Å². The number of rotatable bonds is 5. The highest BCUT2D eigenvalue weighted by molar-refractivity contribution is 5.95. The van der Waals surface area contributed by atoms with Crippen LogP contribution < -0.4 is 10.6 Å². The molecule has 1 unspecified atom stereocenters. The molecule has 1 aromatic rings. The Balaban J connectivity index is 2.35. The number of nitrogens with zero attached hydrogens (tertiary/aromatic N) is 1. The van der Waals surface area contributed by atoms with Crippen molar-refractivity contribution in [1.29, 1.82) is 0 Å². The summed E-state index contributed by atoms with van der Waals surface area (Å²) in [5, 5.41) is 5.72. The van der Waals surface area contributed by atoms with E-state index in [9.17, 15) is 14.4 Å². The van der Waals surface area contributed by atoms with E-state index in [-0.39, 0.29) is 24.0 Å². The normalized spacial score (nSPS) is 17.3. The number of hydrogen-bond donors (Lipinski definition) is 2. The zero-order valence-corrected chi connectivity index (χ0v) is 17.4. The van der Waals surface area contributed by atoms with Gasteiger partial charge >= 0.3 is 12.0 Å². The van der Waals surface area contributed by atoms with Crippen molar-refractivity contribution < 1.29 is 19.1 Å². The molecule has 1 aliphatic heterocycles. The van der Waals surface area contributed by atoms with Gasteiger partial charge in [-0.3, -0.25) is 4.79 Å². The summed E-state index contributed by atoms with van der Waals surface area (Å²) in [5.41, 5.74) is 2.09. The molecule has 0 saturated heterocycles. The lowest BCUT2D eigenvalue weighted by Crippen LogP contribution is -2.46. The van der Waals surface area contributed by atoms with Crippen molar-refractivity contribution >= 4 is 23.6 Å². The molecule has 0 bridgehead atoms. The number of carbonyl (C=O) groups is 3. The summed E-state index contributed by atoms with van der Waals surface area (Å²) in [5.74, 6) is -0.562. The molecule has 2 N–H and O–H groups in total. The van der Waals surface area contributed by atoms with Gasteiger partial charge in [0.2, 0.25) is 5.91 Å². The van der Waals surface area contributed by atoms with E-state index in [1.54, 1.807) is 39.1 Å². The third kappa shape index (κ3) is 5.12. The highest BCUT2D eigenvalue weighted by Crippen LogP contribution is 2.32. The van der Waals surface area contributed by atoms with Crippen molar-refractivity contribution in [2.24, 2.45) is 5.41 Å².